The highest BCUT2D eigenvalue weighted by Gasteiger charge is 2.22. The molecule has 2 unspecified atom stereocenters. The Bertz CT molecular complexity index is 340. The summed E-state index contributed by atoms with van der Waals surface area (Å²) in [6.07, 6.45) is 3.87. The van der Waals surface area contributed by atoms with Crippen LogP contribution in [0.1, 0.15) is 29.4 Å². The molecule has 1 amide bonds. The van der Waals surface area contributed by atoms with Crippen LogP contribution in [0.3, 0.4) is 0 Å². The van der Waals surface area contributed by atoms with Gasteiger partial charge in [0.15, 0.2) is 0 Å². The van der Waals surface area contributed by atoms with Gasteiger partial charge in [0.25, 0.3) is 5.91 Å². The van der Waals surface area contributed by atoms with Gasteiger partial charge in [-0.2, -0.15) is 0 Å². The Morgan fingerprint density at radius 1 is 1.71 bits per heavy atom. The third-order valence-corrected chi connectivity index (χ3v) is 3.65. The number of nitrogens with one attached hydrogen (secondary N) is 2. The first-order chi connectivity index (χ1) is 7.77. The van der Waals surface area contributed by atoms with Gasteiger partial charge in [-0.05, 0) is 50.3 Å². The number of halogens is 1. The van der Waals surface area contributed by atoms with E-state index >= 15 is 0 Å². The first-order valence-corrected chi connectivity index (χ1v) is 6.33. The fourth-order valence-electron chi connectivity index (χ4n) is 1.97. The zero-order chi connectivity index (χ0) is 11.4. The molecular weight excluding hydrogens is 260 g/mol. The van der Waals surface area contributed by atoms with E-state index in [-0.39, 0.29) is 24.4 Å². The van der Waals surface area contributed by atoms with Gasteiger partial charge >= 0.3 is 0 Å². The number of aromatic nitrogens is 2. The van der Waals surface area contributed by atoms with E-state index in [9.17, 15) is 4.79 Å². The highest BCUT2D eigenvalue weighted by atomic mass is 35.5. The summed E-state index contributed by atoms with van der Waals surface area (Å²) < 4.78 is 3.68. The minimum atomic E-state index is -0.0620. The maximum atomic E-state index is 11.8. The van der Waals surface area contributed by atoms with Gasteiger partial charge in [-0.3, -0.25) is 4.79 Å². The Kier molecular flexibility index (Phi) is 5.80. The van der Waals surface area contributed by atoms with Crippen molar-refractivity contribution in [3.63, 3.8) is 0 Å². The van der Waals surface area contributed by atoms with Crippen molar-refractivity contribution in [2.45, 2.75) is 25.8 Å². The van der Waals surface area contributed by atoms with E-state index in [0.717, 1.165) is 24.6 Å². The van der Waals surface area contributed by atoms with Crippen LogP contribution < -0.4 is 10.6 Å². The zero-order valence-corrected chi connectivity index (χ0v) is 11.3. The Labute approximate surface area is 111 Å². The van der Waals surface area contributed by atoms with Crippen LogP contribution in [0, 0.1) is 5.92 Å². The van der Waals surface area contributed by atoms with E-state index in [1.165, 1.54) is 19.0 Å². The van der Waals surface area contributed by atoms with E-state index in [0.29, 0.717) is 10.8 Å². The number of piperidine rings is 1. The zero-order valence-electron chi connectivity index (χ0n) is 9.68. The number of carbonyl (C=O) groups excluding carboxylic acids is 1. The van der Waals surface area contributed by atoms with Crippen LogP contribution >= 0.6 is 23.9 Å². The highest BCUT2D eigenvalue weighted by molar-refractivity contribution is 7.07. The van der Waals surface area contributed by atoms with Crippen molar-refractivity contribution in [3.05, 3.63) is 11.1 Å². The van der Waals surface area contributed by atoms with Gasteiger partial charge < -0.3 is 10.6 Å². The third kappa shape index (κ3) is 3.90. The normalized spacial score (nSPS) is 21.4. The molecule has 0 bridgehead atoms. The molecule has 5 nitrogen and oxygen atoms in total. The lowest BCUT2D eigenvalue weighted by molar-refractivity contribution is 0.0926. The van der Waals surface area contributed by atoms with Crippen molar-refractivity contribution in [3.8, 4) is 0 Å². The minimum absolute atomic E-state index is 0. The first-order valence-electron chi connectivity index (χ1n) is 5.56. The number of rotatable bonds is 3. The Balaban J connectivity index is 0.00000144. The quantitative estimate of drug-likeness (QED) is 0.867. The van der Waals surface area contributed by atoms with Gasteiger partial charge in [-0.1, -0.05) is 4.49 Å². The van der Waals surface area contributed by atoms with Crippen LogP contribution in [0.4, 0.5) is 0 Å². The number of hydrogen-bond acceptors (Lipinski definition) is 5. The van der Waals surface area contributed by atoms with Gasteiger partial charge in [0.1, 0.15) is 4.88 Å². The van der Waals surface area contributed by atoms with Crippen LogP contribution in [-0.4, -0.2) is 34.6 Å². The molecule has 2 atom stereocenters. The molecular formula is C10H17ClN4OS. The van der Waals surface area contributed by atoms with Crippen LogP contribution in [0.2, 0.25) is 0 Å². The summed E-state index contributed by atoms with van der Waals surface area (Å²) in [7, 11) is 0. The molecule has 0 radical (unpaired) electrons. The maximum Gasteiger partial charge on any atom is 0.264 e. The predicted octanol–water partition coefficient (Wildman–Crippen LogP) is 1.08. The molecule has 1 aliphatic heterocycles. The predicted molar refractivity (Wildman–Crippen MR) is 69.7 cm³/mol. The summed E-state index contributed by atoms with van der Waals surface area (Å²) in [5, 5.41) is 10.0. The largest absolute Gasteiger partial charge is 0.348 e. The second-order valence-corrected chi connectivity index (χ2v) is 4.94. The maximum absolute atomic E-state index is 11.8. The molecule has 1 aromatic rings. The molecule has 2 heterocycles. The molecule has 2 N–H and O–H groups in total. The molecule has 1 aliphatic rings. The minimum Gasteiger partial charge on any atom is -0.348 e. The average Bonchev–Trinajstić information content (AvgIpc) is 2.83. The van der Waals surface area contributed by atoms with Crippen LogP contribution in [0.15, 0.2) is 6.20 Å². The molecule has 2 rings (SSSR count). The smallest absolute Gasteiger partial charge is 0.264 e. The molecule has 7 heteroatoms. The highest BCUT2D eigenvalue weighted by Crippen LogP contribution is 2.14. The molecule has 1 saturated heterocycles. The van der Waals surface area contributed by atoms with Crippen LogP contribution in [0.5, 0.6) is 0 Å². The number of hydrogen-bond donors (Lipinski definition) is 2. The van der Waals surface area contributed by atoms with Crippen molar-refractivity contribution in [2.24, 2.45) is 5.92 Å². The van der Waals surface area contributed by atoms with E-state index in [1.807, 2.05) is 0 Å². The number of nitrogens with zero attached hydrogens (tertiary/aromatic N) is 2. The Morgan fingerprint density at radius 3 is 3.12 bits per heavy atom. The summed E-state index contributed by atoms with van der Waals surface area (Å²) in [4.78, 5) is 12.3. The molecule has 17 heavy (non-hydrogen) atoms. The van der Waals surface area contributed by atoms with Gasteiger partial charge in [-0.25, -0.2) is 0 Å². The van der Waals surface area contributed by atoms with Gasteiger partial charge in [0, 0.05) is 6.04 Å². The van der Waals surface area contributed by atoms with Crippen molar-refractivity contribution >= 4 is 29.8 Å². The fraction of sp³-hybridized carbons (Fsp3) is 0.700. The van der Waals surface area contributed by atoms with E-state index in [4.69, 9.17) is 0 Å². The Morgan fingerprint density at radius 2 is 2.53 bits per heavy atom. The SMILES string of the molecule is CC(NC(=O)c1cnns1)C1CCCNC1.Cl. The van der Waals surface area contributed by atoms with Gasteiger partial charge in [0.05, 0.1) is 6.20 Å². The van der Waals surface area contributed by atoms with E-state index in [2.05, 4.69) is 27.1 Å². The van der Waals surface area contributed by atoms with Crippen LogP contribution in [-0.2, 0) is 0 Å². The molecule has 96 valence electrons. The van der Waals surface area contributed by atoms with Gasteiger partial charge in [-0.15, -0.1) is 17.5 Å². The third-order valence-electron chi connectivity index (χ3n) is 2.99. The monoisotopic (exact) mass is 276 g/mol. The molecule has 1 fully saturated rings. The molecule has 1 aromatic heterocycles. The molecule has 0 aliphatic carbocycles. The summed E-state index contributed by atoms with van der Waals surface area (Å²) in [6, 6.07) is 0.197. The number of amides is 1. The molecule has 0 aromatic carbocycles. The van der Waals surface area contributed by atoms with Crippen LogP contribution in [0.25, 0.3) is 0 Å². The van der Waals surface area contributed by atoms with Crippen molar-refractivity contribution in [1.82, 2.24) is 20.2 Å². The lowest BCUT2D eigenvalue weighted by atomic mass is 9.93. The molecule has 0 saturated carbocycles. The summed E-state index contributed by atoms with van der Waals surface area (Å²) in [5.41, 5.74) is 0. The van der Waals surface area contributed by atoms with Crippen molar-refractivity contribution < 1.29 is 4.79 Å². The topological polar surface area (TPSA) is 66.9 Å². The van der Waals surface area contributed by atoms with Gasteiger partial charge in [0.2, 0.25) is 0 Å². The van der Waals surface area contributed by atoms with Crippen molar-refractivity contribution in [2.75, 3.05) is 13.1 Å². The van der Waals surface area contributed by atoms with E-state index in [1.54, 1.807) is 0 Å². The average molecular weight is 277 g/mol. The summed E-state index contributed by atoms with van der Waals surface area (Å²) in [5.74, 6) is 0.464. The lowest BCUT2D eigenvalue weighted by Crippen LogP contribution is -2.44. The number of carbonyl (C=O) groups is 1. The Hall–Kier alpha value is -0.720. The first kappa shape index (κ1) is 14.3. The lowest BCUT2D eigenvalue weighted by Gasteiger charge is -2.28. The molecule has 0 spiro atoms. The van der Waals surface area contributed by atoms with Crippen molar-refractivity contribution in [1.29, 1.82) is 0 Å². The fourth-order valence-corrected chi connectivity index (χ4v) is 2.39. The summed E-state index contributed by atoms with van der Waals surface area (Å²) >= 11 is 1.13. The standard InChI is InChI=1S/C10H16N4OS.ClH/c1-7(8-3-2-4-11-5-8)13-10(15)9-6-12-14-16-9;/h6-8,11H,2-5H2,1H3,(H,13,15);1H. The van der Waals surface area contributed by atoms with E-state index < -0.39 is 0 Å². The second kappa shape index (κ2) is 6.88. The summed E-state index contributed by atoms with van der Waals surface area (Å²) in [6.45, 7) is 4.14. The second-order valence-electron chi connectivity index (χ2n) is 4.15.